The number of nitrogens with zero attached hydrogens (tertiary/aromatic N) is 2. The average molecular weight is 382 g/mol. The van der Waals surface area contributed by atoms with Crippen LogP contribution in [0.2, 0.25) is 0 Å². The maximum Gasteiger partial charge on any atom is 0.110 e. The fourth-order valence-corrected chi connectivity index (χ4v) is 4.07. The molecule has 0 atom stereocenters. The Morgan fingerprint density at radius 1 is 0.862 bits per heavy atom. The van der Waals surface area contributed by atoms with Crippen molar-refractivity contribution in [2.75, 3.05) is 18.1 Å². The van der Waals surface area contributed by atoms with Crippen LogP contribution in [0, 0.1) is 0 Å². The maximum absolute atomic E-state index is 4.58. The Morgan fingerprint density at radius 3 is 2.55 bits per heavy atom. The van der Waals surface area contributed by atoms with Crippen LogP contribution in [-0.2, 0) is 13.0 Å². The molecule has 1 N–H and O–H groups in total. The lowest BCUT2D eigenvalue weighted by atomic mass is 9.99. The summed E-state index contributed by atoms with van der Waals surface area (Å²) in [6.07, 6.45) is 5.70. The van der Waals surface area contributed by atoms with E-state index in [4.69, 9.17) is 0 Å². The molecule has 29 heavy (non-hydrogen) atoms. The van der Waals surface area contributed by atoms with E-state index in [1.54, 1.807) is 0 Å². The molecule has 3 aromatic rings. The summed E-state index contributed by atoms with van der Waals surface area (Å²) < 4.78 is 0. The van der Waals surface area contributed by atoms with Crippen molar-refractivity contribution in [3.05, 3.63) is 89.5 Å². The molecule has 146 valence electrons. The third-order valence-electron chi connectivity index (χ3n) is 5.81. The molecule has 0 unspecified atom stereocenters. The van der Waals surface area contributed by atoms with Crippen LogP contribution in [0.15, 0.2) is 77.8 Å². The van der Waals surface area contributed by atoms with E-state index in [-0.39, 0.29) is 0 Å². The molecule has 0 spiro atoms. The summed E-state index contributed by atoms with van der Waals surface area (Å²) in [5.74, 6) is 0. The lowest BCUT2D eigenvalue weighted by Gasteiger charge is -2.27. The number of benzene rings is 3. The zero-order chi connectivity index (χ0) is 19.5. The van der Waals surface area contributed by atoms with Crippen molar-refractivity contribution in [3.8, 4) is 11.1 Å². The fourth-order valence-electron chi connectivity index (χ4n) is 4.07. The minimum Gasteiger partial charge on any atom is -0.349 e. The third kappa shape index (κ3) is 4.25. The average Bonchev–Trinajstić information content (AvgIpc) is 3.62. The largest absolute Gasteiger partial charge is 0.349 e. The monoisotopic (exact) mass is 381 g/mol. The van der Waals surface area contributed by atoms with Crippen LogP contribution in [0.25, 0.3) is 11.1 Å². The number of hydrogen-bond acceptors (Lipinski definition) is 3. The summed E-state index contributed by atoms with van der Waals surface area (Å²) in [5.41, 5.74) is 7.81. The van der Waals surface area contributed by atoms with E-state index in [0.717, 1.165) is 26.2 Å². The van der Waals surface area contributed by atoms with Gasteiger partial charge >= 0.3 is 0 Å². The van der Waals surface area contributed by atoms with Crippen LogP contribution in [0.1, 0.15) is 29.5 Å². The minimum absolute atomic E-state index is 0.697. The molecule has 1 saturated carbocycles. The molecule has 5 rings (SSSR count). The molecule has 1 fully saturated rings. The highest BCUT2D eigenvalue weighted by Gasteiger charge is 2.31. The topological polar surface area (TPSA) is 27.6 Å². The Hall–Kier alpha value is -2.91. The number of anilines is 1. The summed E-state index contributed by atoms with van der Waals surface area (Å²) in [6, 6.07) is 27.0. The van der Waals surface area contributed by atoms with Gasteiger partial charge in [-0.05, 0) is 66.3 Å². The van der Waals surface area contributed by atoms with Crippen molar-refractivity contribution in [2.45, 2.75) is 31.8 Å². The van der Waals surface area contributed by atoms with Crippen molar-refractivity contribution in [1.82, 2.24) is 5.32 Å². The highest BCUT2D eigenvalue weighted by Crippen LogP contribution is 2.36. The number of nitrogens with one attached hydrogen (secondary N) is 1. The molecular weight excluding hydrogens is 354 g/mol. The molecule has 1 aliphatic carbocycles. The molecule has 1 heterocycles. The van der Waals surface area contributed by atoms with E-state index >= 15 is 0 Å². The molecule has 3 aromatic carbocycles. The van der Waals surface area contributed by atoms with E-state index in [2.05, 4.69) is 88.0 Å². The SMILES string of the molecule is C1=NCN(C2CC2)c2ccc(-c3cccc(CNCCc4ccccc4)c3)cc21. The summed E-state index contributed by atoms with van der Waals surface area (Å²) in [4.78, 5) is 7.03. The van der Waals surface area contributed by atoms with Crippen LogP contribution in [-0.4, -0.2) is 25.5 Å². The predicted molar refractivity (Wildman–Crippen MR) is 122 cm³/mol. The third-order valence-corrected chi connectivity index (χ3v) is 5.81. The molecular formula is C26H27N3. The molecule has 0 saturated heterocycles. The van der Waals surface area contributed by atoms with Gasteiger partial charge in [-0.15, -0.1) is 0 Å². The Kier molecular flexibility index (Phi) is 5.14. The predicted octanol–water partition coefficient (Wildman–Crippen LogP) is 5.04. The Balaban J connectivity index is 1.25. The Labute approximate surface area is 173 Å². The molecule has 0 amide bonds. The van der Waals surface area contributed by atoms with Gasteiger partial charge in [0.2, 0.25) is 0 Å². The van der Waals surface area contributed by atoms with Crippen LogP contribution < -0.4 is 10.2 Å². The van der Waals surface area contributed by atoms with Crippen LogP contribution in [0.3, 0.4) is 0 Å². The fraction of sp³-hybridized carbons (Fsp3) is 0.269. The number of aliphatic imine (C=N–C) groups is 1. The molecule has 3 nitrogen and oxygen atoms in total. The Morgan fingerprint density at radius 2 is 1.69 bits per heavy atom. The van der Waals surface area contributed by atoms with Gasteiger partial charge in [-0.3, -0.25) is 4.99 Å². The summed E-state index contributed by atoms with van der Waals surface area (Å²) in [5, 5.41) is 3.58. The zero-order valence-electron chi connectivity index (χ0n) is 16.7. The van der Waals surface area contributed by atoms with Gasteiger partial charge in [0.15, 0.2) is 0 Å². The number of fused-ring (bicyclic) bond motifs is 1. The first kappa shape index (κ1) is 18.1. The molecule has 1 aliphatic heterocycles. The highest BCUT2D eigenvalue weighted by atomic mass is 15.3. The first-order valence-corrected chi connectivity index (χ1v) is 10.6. The van der Waals surface area contributed by atoms with Crippen molar-refractivity contribution in [2.24, 2.45) is 4.99 Å². The summed E-state index contributed by atoms with van der Waals surface area (Å²) in [6.45, 7) is 2.68. The van der Waals surface area contributed by atoms with Crippen molar-refractivity contribution in [1.29, 1.82) is 0 Å². The van der Waals surface area contributed by atoms with Crippen LogP contribution in [0.5, 0.6) is 0 Å². The van der Waals surface area contributed by atoms with Gasteiger partial charge in [0.1, 0.15) is 6.67 Å². The lowest BCUT2D eigenvalue weighted by Crippen LogP contribution is -2.29. The van der Waals surface area contributed by atoms with E-state index in [1.807, 2.05) is 6.21 Å². The highest BCUT2D eigenvalue weighted by molar-refractivity contribution is 5.92. The van der Waals surface area contributed by atoms with Gasteiger partial charge < -0.3 is 10.2 Å². The summed E-state index contributed by atoms with van der Waals surface area (Å²) >= 11 is 0. The van der Waals surface area contributed by atoms with Gasteiger partial charge in [0.25, 0.3) is 0 Å². The van der Waals surface area contributed by atoms with E-state index in [1.165, 1.54) is 46.3 Å². The van der Waals surface area contributed by atoms with Crippen molar-refractivity contribution >= 4 is 11.9 Å². The van der Waals surface area contributed by atoms with E-state index < -0.39 is 0 Å². The van der Waals surface area contributed by atoms with E-state index in [0.29, 0.717) is 6.04 Å². The van der Waals surface area contributed by atoms with E-state index in [9.17, 15) is 0 Å². The molecule has 2 aliphatic rings. The maximum atomic E-state index is 4.58. The second kappa shape index (κ2) is 8.22. The standard InChI is InChI=1S/C26H27N3/c1-2-5-20(6-3-1)13-14-27-17-21-7-4-8-22(15-21)23-9-12-26-24(16-23)18-28-19-29(26)25-10-11-25/h1-9,12,15-16,18,25,27H,10-11,13-14,17,19H2. The molecule has 3 heteroatoms. The second-order valence-corrected chi connectivity index (χ2v) is 8.04. The van der Waals surface area contributed by atoms with Gasteiger partial charge in [0.05, 0.1) is 0 Å². The summed E-state index contributed by atoms with van der Waals surface area (Å²) in [7, 11) is 0. The van der Waals surface area contributed by atoms with Gasteiger partial charge in [-0.25, -0.2) is 0 Å². The zero-order valence-corrected chi connectivity index (χ0v) is 16.7. The van der Waals surface area contributed by atoms with Crippen LogP contribution in [0.4, 0.5) is 5.69 Å². The van der Waals surface area contributed by atoms with Gasteiger partial charge in [-0.1, -0.05) is 54.6 Å². The lowest BCUT2D eigenvalue weighted by molar-refractivity contribution is 0.687. The van der Waals surface area contributed by atoms with Gasteiger partial charge in [0, 0.05) is 30.1 Å². The second-order valence-electron chi connectivity index (χ2n) is 8.04. The quantitative estimate of drug-likeness (QED) is 0.580. The smallest absolute Gasteiger partial charge is 0.110 e. The minimum atomic E-state index is 0.697. The molecule has 0 bridgehead atoms. The first-order chi connectivity index (χ1) is 14.4. The first-order valence-electron chi connectivity index (χ1n) is 10.6. The molecule has 0 aromatic heterocycles. The number of hydrogen-bond donors (Lipinski definition) is 1. The van der Waals surface area contributed by atoms with Gasteiger partial charge in [-0.2, -0.15) is 0 Å². The van der Waals surface area contributed by atoms with Crippen LogP contribution >= 0.6 is 0 Å². The normalized spacial score (nSPS) is 15.4. The Bertz CT molecular complexity index is 1010. The van der Waals surface area contributed by atoms with Crippen molar-refractivity contribution < 1.29 is 0 Å². The van der Waals surface area contributed by atoms with Crippen molar-refractivity contribution in [3.63, 3.8) is 0 Å². The molecule has 0 radical (unpaired) electrons. The number of rotatable bonds is 7.